The molecule has 29 heavy (non-hydrogen) atoms. The fourth-order valence-electron chi connectivity index (χ4n) is 2.04. The van der Waals surface area contributed by atoms with Crippen molar-refractivity contribution in [3.63, 3.8) is 0 Å². The Labute approximate surface area is 177 Å². The molecule has 0 radical (unpaired) electrons. The third kappa shape index (κ3) is 9.71. The van der Waals surface area contributed by atoms with Gasteiger partial charge in [0.2, 0.25) is 0 Å². The minimum atomic E-state index is -0.425. The second-order valence-corrected chi connectivity index (χ2v) is 6.90. The highest BCUT2D eigenvalue weighted by molar-refractivity contribution is 5.52. The van der Waals surface area contributed by atoms with Gasteiger partial charge in [-0.3, -0.25) is 0 Å². The van der Waals surface area contributed by atoms with Crippen LogP contribution in [0.5, 0.6) is 0 Å². The molecule has 0 aliphatic rings. The Morgan fingerprint density at radius 2 is 1.28 bits per heavy atom. The zero-order valence-corrected chi connectivity index (χ0v) is 18.6. The van der Waals surface area contributed by atoms with Crippen molar-refractivity contribution in [2.45, 2.75) is 40.5 Å². The van der Waals surface area contributed by atoms with E-state index in [1.165, 1.54) is 11.6 Å². The summed E-state index contributed by atoms with van der Waals surface area (Å²) in [5.74, 6) is -0.425. The molecule has 0 rings (SSSR count). The van der Waals surface area contributed by atoms with Gasteiger partial charge in [-0.25, -0.2) is 4.39 Å². The summed E-state index contributed by atoms with van der Waals surface area (Å²) in [5.41, 5.74) is 6.02. The second-order valence-electron chi connectivity index (χ2n) is 6.90. The van der Waals surface area contributed by atoms with Gasteiger partial charge in [-0.2, -0.15) is 0 Å². The number of rotatable bonds is 12. The molecule has 0 nitrogen and oxygen atoms in total. The van der Waals surface area contributed by atoms with E-state index in [2.05, 4.69) is 53.3 Å². The Morgan fingerprint density at radius 1 is 0.759 bits per heavy atom. The minimum absolute atomic E-state index is 0.336. The molecule has 1 heteroatoms. The fourth-order valence-corrected chi connectivity index (χ4v) is 2.04. The Bertz CT molecular complexity index is 845. The first-order valence-electron chi connectivity index (χ1n) is 9.75. The van der Waals surface area contributed by atoms with Gasteiger partial charge in [0, 0.05) is 5.57 Å². The van der Waals surface area contributed by atoms with Gasteiger partial charge in [0.15, 0.2) is 0 Å². The number of allylic oxidation sites excluding steroid dienone is 16. The summed E-state index contributed by atoms with van der Waals surface area (Å²) in [4.78, 5) is 0. The number of hydrogen-bond donors (Lipinski definition) is 0. The summed E-state index contributed by atoms with van der Waals surface area (Å²) in [6.07, 6.45) is 14.4. The summed E-state index contributed by atoms with van der Waals surface area (Å²) < 4.78 is 14.5. The van der Waals surface area contributed by atoms with E-state index >= 15 is 0 Å². The first-order valence-corrected chi connectivity index (χ1v) is 9.75. The normalized spacial score (nSPS) is 13.4. The van der Waals surface area contributed by atoms with Crippen molar-refractivity contribution in [2.24, 2.45) is 0 Å². The zero-order chi connectivity index (χ0) is 22.6. The lowest BCUT2D eigenvalue weighted by molar-refractivity contribution is 0.654. The van der Waals surface area contributed by atoms with E-state index in [0.29, 0.717) is 16.7 Å². The molecule has 0 saturated heterocycles. The van der Waals surface area contributed by atoms with Crippen LogP contribution in [0.1, 0.15) is 40.5 Å². The van der Waals surface area contributed by atoms with E-state index in [1.807, 2.05) is 32.1 Å². The van der Waals surface area contributed by atoms with Crippen LogP contribution in [0, 0.1) is 0 Å². The summed E-state index contributed by atoms with van der Waals surface area (Å²) >= 11 is 0. The van der Waals surface area contributed by atoms with E-state index in [9.17, 15) is 4.39 Å². The standard InChI is InChI=1S/C28H35F/c1-11-20(4)14-15-23(7)26(10)28(29)19-25(9)22(6)17-16-21(5)24(8)18-27(12-2)13-3/h12,14-19H,2,5-6,8-11,13H2,1,3-4,7H3/b17-16-,20-14+,23-15+,27-18+,28-19+. The molecule has 0 aliphatic heterocycles. The molecule has 0 aromatic heterocycles. The lowest BCUT2D eigenvalue weighted by Gasteiger charge is -2.06. The van der Waals surface area contributed by atoms with Gasteiger partial charge >= 0.3 is 0 Å². The highest BCUT2D eigenvalue weighted by atomic mass is 19.1. The van der Waals surface area contributed by atoms with Crippen LogP contribution in [0.15, 0.2) is 132 Å². The highest BCUT2D eigenvalue weighted by Crippen LogP contribution is 2.23. The average Bonchev–Trinajstić information content (AvgIpc) is 2.72. The summed E-state index contributed by atoms with van der Waals surface area (Å²) in [6, 6.07) is 0. The van der Waals surface area contributed by atoms with Crippen molar-refractivity contribution < 1.29 is 4.39 Å². The molecule has 154 valence electrons. The van der Waals surface area contributed by atoms with Crippen LogP contribution in [-0.4, -0.2) is 0 Å². The predicted octanol–water partition coefficient (Wildman–Crippen LogP) is 9.00. The maximum absolute atomic E-state index is 14.5. The summed E-state index contributed by atoms with van der Waals surface area (Å²) in [6.45, 7) is 31.5. The quantitative estimate of drug-likeness (QED) is 0.292. The smallest absolute Gasteiger partial charge is 0.130 e. The lowest BCUT2D eigenvalue weighted by Crippen LogP contribution is -1.88. The maximum atomic E-state index is 14.5. The van der Waals surface area contributed by atoms with E-state index in [0.717, 1.165) is 35.1 Å². The molecule has 0 atom stereocenters. The first-order chi connectivity index (χ1) is 13.6. The molecule has 0 fully saturated rings. The van der Waals surface area contributed by atoms with Gasteiger partial charge in [-0.15, -0.1) is 0 Å². The molecule has 0 spiro atoms. The van der Waals surface area contributed by atoms with E-state index in [-0.39, 0.29) is 0 Å². The predicted molar refractivity (Wildman–Crippen MR) is 130 cm³/mol. The highest BCUT2D eigenvalue weighted by Gasteiger charge is 2.05. The van der Waals surface area contributed by atoms with Gasteiger partial charge in [0.05, 0.1) is 0 Å². The Hall–Kier alpha value is -2.93. The Morgan fingerprint density at radius 3 is 1.72 bits per heavy atom. The van der Waals surface area contributed by atoms with Crippen LogP contribution in [0.4, 0.5) is 4.39 Å². The molecular formula is C28H35F. The van der Waals surface area contributed by atoms with E-state index in [4.69, 9.17) is 0 Å². The Balaban J connectivity index is 5.18. The van der Waals surface area contributed by atoms with Gasteiger partial charge in [0.1, 0.15) is 5.83 Å². The zero-order valence-electron chi connectivity index (χ0n) is 18.6. The SMILES string of the molecule is C=C/C(=C\C(=C)C(=C)/C=C\C(=C)C(=C)/C=C(/F)C(=C)/C(C)=C/C=C(\C)CC)CC. The van der Waals surface area contributed by atoms with Crippen molar-refractivity contribution in [1.29, 1.82) is 0 Å². The molecule has 0 heterocycles. The van der Waals surface area contributed by atoms with Crippen LogP contribution in [-0.2, 0) is 0 Å². The van der Waals surface area contributed by atoms with Crippen LogP contribution in [0.3, 0.4) is 0 Å². The fraction of sp³-hybridized carbons (Fsp3) is 0.214. The molecule has 0 amide bonds. The molecule has 0 saturated carbocycles. The van der Waals surface area contributed by atoms with E-state index in [1.54, 1.807) is 18.2 Å². The largest absolute Gasteiger partial charge is 0.206 e. The third-order valence-corrected chi connectivity index (χ3v) is 4.58. The molecule has 0 bridgehead atoms. The van der Waals surface area contributed by atoms with Crippen molar-refractivity contribution in [3.05, 3.63) is 132 Å². The molecule has 0 N–H and O–H groups in total. The van der Waals surface area contributed by atoms with Crippen LogP contribution >= 0.6 is 0 Å². The molecule has 0 unspecified atom stereocenters. The van der Waals surface area contributed by atoms with Crippen LogP contribution in [0.2, 0.25) is 0 Å². The minimum Gasteiger partial charge on any atom is -0.206 e. The van der Waals surface area contributed by atoms with Crippen molar-refractivity contribution in [2.75, 3.05) is 0 Å². The van der Waals surface area contributed by atoms with Crippen molar-refractivity contribution in [1.82, 2.24) is 0 Å². The second kappa shape index (κ2) is 13.3. The van der Waals surface area contributed by atoms with E-state index < -0.39 is 5.83 Å². The first kappa shape index (κ1) is 26.1. The molecule has 0 aliphatic carbocycles. The van der Waals surface area contributed by atoms with Gasteiger partial charge < -0.3 is 0 Å². The van der Waals surface area contributed by atoms with Crippen molar-refractivity contribution >= 4 is 0 Å². The average molecular weight is 391 g/mol. The molecule has 0 aromatic rings. The monoisotopic (exact) mass is 390 g/mol. The Kier molecular flexibility index (Phi) is 11.9. The lowest BCUT2D eigenvalue weighted by atomic mass is 10.0. The third-order valence-electron chi connectivity index (χ3n) is 4.58. The molecular weight excluding hydrogens is 355 g/mol. The van der Waals surface area contributed by atoms with Gasteiger partial charge in [-0.1, -0.05) is 95.4 Å². The van der Waals surface area contributed by atoms with Crippen LogP contribution < -0.4 is 0 Å². The van der Waals surface area contributed by atoms with Gasteiger partial charge in [-0.05, 0) is 66.2 Å². The van der Waals surface area contributed by atoms with Gasteiger partial charge in [0.25, 0.3) is 0 Å². The topological polar surface area (TPSA) is 0 Å². The van der Waals surface area contributed by atoms with Crippen molar-refractivity contribution in [3.8, 4) is 0 Å². The summed E-state index contributed by atoms with van der Waals surface area (Å²) in [7, 11) is 0. The summed E-state index contributed by atoms with van der Waals surface area (Å²) in [5, 5.41) is 0. The number of hydrogen-bond acceptors (Lipinski definition) is 0. The maximum Gasteiger partial charge on any atom is 0.130 e. The molecule has 0 aromatic carbocycles. The van der Waals surface area contributed by atoms with Crippen LogP contribution in [0.25, 0.3) is 0 Å². The number of halogens is 1.